The second-order valence-electron chi connectivity index (χ2n) is 5.03. The van der Waals surface area contributed by atoms with Crippen LogP contribution in [-0.2, 0) is 7.05 Å². The molecular weight excluding hydrogens is 238 g/mol. The number of aryl methyl sites for hydroxylation is 1. The van der Waals surface area contributed by atoms with E-state index in [0.717, 1.165) is 11.4 Å². The van der Waals surface area contributed by atoms with E-state index in [4.69, 9.17) is 4.74 Å². The fourth-order valence-corrected chi connectivity index (χ4v) is 2.22. The first kappa shape index (κ1) is 12.2. The van der Waals surface area contributed by atoms with E-state index in [-0.39, 0.29) is 6.04 Å². The van der Waals surface area contributed by atoms with E-state index in [2.05, 4.69) is 22.5 Å². The summed E-state index contributed by atoms with van der Waals surface area (Å²) < 4.78 is 7.67. The lowest BCUT2D eigenvalue weighted by Gasteiger charge is -2.15. The van der Waals surface area contributed by atoms with Gasteiger partial charge in [0, 0.05) is 13.2 Å². The lowest BCUT2D eigenvalue weighted by molar-refractivity contribution is 0.302. The Bertz CT molecular complexity index is 560. The zero-order valence-electron chi connectivity index (χ0n) is 11.3. The van der Waals surface area contributed by atoms with E-state index in [1.807, 2.05) is 43.2 Å². The van der Waals surface area contributed by atoms with Gasteiger partial charge in [-0.2, -0.15) is 5.10 Å². The Labute approximate surface area is 113 Å². The molecule has 0 amide bonds. The van der Waals surface area contributed by atoms with Crippen molar-refractivity contribution in [3.63, 3.8) is 0 Å². The first-order chi connectivity index (χ1) is 9.26. The quantitative estimate of drug-likeness (QED) is 0.893. The second kappa shape index (κ2) is 5.05. The minimum Gasteiger partial charge on any atom is -0.490 e. The number of nitrogens with one attached hydrogen (secondary N) is 1. The molecule has 1 aliphatic carbocycles. The van der Waals surface area contributed by atoms with Crippen molar-refractivity contribution >= 4 is 0 Å². The highest BCUT2D eigenvalue weighted by molar-refractivity contribution is 5.34. The lowest BCUT2D eigenvalue weighted by Crippen LogP contribution is -2.18. The van der Waals surface area contributed by atoms with Crippen molar-refractivity contribution in [2.24, 2.45) is 7.05 Å². The highest BCUT2D eigenvalue weighted by Crippen LogP contribution is 2.29. The Kier molecular flexibility index (Phi) is 3.25. The summed E-state index contributed by atoms with van der Waals surface area (Å²) in [5.41, 5.74) is 2.20. The number of ether oxygens (including phenoxy) is 1. The molecule has 0 saturated heterocycles. The van der Waals surface area contributed by atoms with Gasteiger partial charge in [-0.15, -0.1) is 0 Å². The molecule has 1 N–H and O–H groups in total. The molecule has 4 nitrogen and oxygen atoms in total. The first-order valence-corrected chi connectivity index (χ1v) is 6.69. The van der Waals surface area contributed by atoms with Gasteiger partial charge in [0.1, 0.15) is 5.75 Å². The molecule has 1 unspecified atom stereocenters. The fourth-order valence-electron chi connectivity index (χ4n) is 2.22. The van der Waals surface area contributed by atoms with Crippen LogP contribution >= 0.6 is 0 Å². The second-order valence-corrected chi connectivity index (χ2v) is 5.03. The van der Waals surface area contributed by atoms with Crippen molar-refractivity contribution < 1.29 is 4.74 Å². The molecule has 2 aromatic rings. The average Bonchev–Trinajstić information content (AvgIpc) is 3.12. The number of hydrogen-bond donors (Lipinski definition) is 1. The minimum atomic E-state index is 0.101. The van der Waals surface area contributed by atoms with Gasteiger partial charge in [-0.05, 0) is 43.7 Å². The number of hydrogen-bond acceptors (Lipinski definition) is 3. The van der Waals surface area contributed by atoms with Crippen molar-refractivity contribution in [2.45, 2.75) is 25.0 Å². The minimum absolute atomic E-state index is 0.101. The zero-order valence-corrected chi connectivity index (χ0v) is 11.3. The van der Waals surface area contributed by atoms with E-state index in [0.29, 0.717) is 6.10 Å². The Morgan fingerprint density at radius 1 is 1.37 bits per heavy atom. The Hall–Kier alpha value is -1.81. The van der Waals surface area contributed by atoms with Crippen molar-refractivity contribution in [1.29, 1.82) is 0 Å². The summed E-state index contributed by atoms with van der Waals surface area (Å²) in [6.07, 6.45) is 4.75. The molecular formula is C15H19N3O. The molecule has 3 rings (SSSR count). The zero-order chi connectivity index (χ0) is 13.2. The highest BCUT2D eigenvalue weighted by Gasteiger charge is 2.24. The maximum absolute atomic E-state index is 5.85. The summed E-state index contributed by atoms with van der Waals surface area (Å²) >= 11 is 0. The van der Waals surface area contributed by atoms with Gasteiger partial charge in [-0.3, -0.25) is 4.68 Å². The molecule has 1 aliphatic rings. The maximum atomic E-state index is 5.85. The largest absolute Gasteiger partial charge is 0.490 e. The van der Waals surface area contributed by atoms with Gasteiger partial charge in [0.2, 0.25) is 0 Å². The molecule has 0 spiro atoms. The van der Waals surface area contributed by atoms with Crippen LogP contribution in [0.2, 0.25) is 0 Å². The highest BCUT2D eigenvalue weighted by atomic mass is 16.5. The summed E-state index contributed by atoms with van der Waals surface area (Å²) in [7, 11) is 3.89. The average molecular weight is 257 g/mol. The van der Waals surface area contributed by atoms with Crippen LogP contribution in [0.3, 0.4) is 0 Å². The fraction of sp³-hybridized carbons (Fsp3) is 0.400. The monoisotopic (exact) mass is 257 g/mol. The predicted molar refractivity (Wildman–Crippen MR) is 74.2 cm³/mol. The van der Waals surface area contributed by atoms with Gasteiger partial charge in [0.25, 0.3) is 0 Å². The van der Waals surface area contributed by atoms with Gasteiger partial charge < -0.3 is 10.1 Å². The van der Waals surface area contributed by atoms with Crippen LogP contribution in [0.25, 0.3) is 0 Å². The molecule has 0 bridgehead atoms. The number of aromatic nitrogens is 2. The molecule has 1 heterocycles. The Morgan fingerprint density at radius 3 is 2.84 bits per heavy atom. The third-order valence-corrected chi connectivity index (χ3v) is 3.34. The SMILES string of the molecule is CNC(c1cccc(OC2CC2)c1)c1ccn(C)n1. The smallest absolute Gasteiger partial charge is 0.120 e. The molecule has 4 heteroatoms. The normalized spacial score (nSPS) is 16.3. The maximum Gasteiger partial charge on any atom is 0.120 e. The molecule has 1 fully saturated rings. The van der Waals surface area contributed by atoms with E-state index < -0.39 is 0 Å². The Balaban J connectivity index is 1.85. The first-order valence-electron chi connectivity index (χ1n) is 6.69. The van der Waals surface area contributed by atoms with Gasteiger partial charge in [0.05, 0.1) is 17.8 Å². The van der Waals surface area contributed by atoms with E-state index >= 15 is 0 Å². The molecule has 0 radical (unpaired) electrons. The van der Waals surface area contributed by atoms with Crippen LogP contribution in [0.1, 0.15) is 30.1 Å². The standard InChI is InChI=1S/C15H19N3O/c1-16-15(14-8-9-18(2)17-14)11-4-3-5-13(10-11)19-12-6-7-12/h3-5,8-10,12,15-16H,6-7H2,1-2H3. The molecule has 19 heavy (non-hydrogen) atoms. The molecule has 1 aromatic heterocycles. The summed E-state index contributed by atoms with van der Waals surface area (Å²) in [5, 5.41) is 7.79. The van der Waals surface area contributed by atoms with Crippen LogP contribution in [0, 0.1) is 0 Å². The molecule has 1 saturated carbocycles. The molecule has 100 valence electrons. The molecule has 0 aliphatic heterocycles. The summed E-state index contributed by atoms with van der Waals surface area (Å²) in [5.74, 6) is 0.955. The summed E-state index contributed by atoms with van der Waals surface area (Å²) in [6.45, 7) is 0. The van der Waals surface area contributed by atoms with Crippen LogP contribution in [0.15, 0.2) is 36.5 Å². The van der Waals surface area contributed by atoms with Crippen LogP contribution in [0.5, 0.6) is 5.75 Å². The van der Waals surface area contributed by atoms with Crippen LogP contribution < -0.4 is 10.1 Å². The van der Waals surface area contributed by atoms with Crippen molar-refractivity contribution in [1.82, 2.24) is 15.1 Å². The third-order valence-electron chi connectivity index (χ3n) is 3.34. The molecule has 1 atom stereocenters. The summed E-state index contributed by atoms with van der Waals surface area (Å²) in [6, 6.07) is 10.4. The van der Waals surface area contributed by atoms with Gasteiger partial charge >= 0.3 is 0 Å². The third kappa shape index (κ3) is 2.79. The Morgan fingerprint density at radius 2 is 2.21 bits per heavy atom. The van der Waals surface area contributed by atoms with Crippen LogP contribution in [-0.4, -0.2) is 22.9 Å². The molecule has 1 aromatic carbocycles. The van der Waals surface area contributed by atoms with E-state index in [1.54, 1.807) is 0 Å². The number of benzene rings is 1. The summed E-state index contributed by atoms with van der Waals surface area (Å²) in [4.78, 5) is 0. The van der Waals surface area contributed by atoms with Crippen molar-refractivity contribution in [3.8, 4) is 5.75 Å². The van der Waals surface area contributed by atoms with Crippen molar-refractivity contribution in [3.05, 3.63) is 47.8 Å². The predicted octanol–water partition coefficient (Wildman–Crippen LogP) is 2.27. The number of nitrogens with zero attached hydrogens (tertiary/aromatic N) is 2. The topological polar surface area (TPSA) is 39.1 Å². The van der Waals surface area contributed by atoms with E-state index in [1.165, 1.54) is 18.4 Å². The van der Waals surface area contributed by atoms with Gasteiger partial charge in [-0.25, -0.2) is 0 Å². The van der Waals surface area contributed by atoms with Gasteiger partial charge in [0.15, 0.2) is 0 Å². The van der Waals surface area contributed by atoms with Crippen molar-refractivity contribution in [2.75, 3.05) is 7.05 Å². The van der Waals surface area contributed by atoms with Gasteiger partial charge in [-0.1, -0.05) is 12.1 Å². The lowest BCUT2D eigenvalue weighted by atomic mass is 10.0. The van der Waals surface area contributed by atoms with E-state index in [9.17, 15) is 0 Å². The van der Waals surface area contributed by atoms with Crippen LogP contribution in [0.4, 0.5) is 0 Å². The number of rotatable bonds is 5.